The van der Waals surface area contributed by atoms with Crippen molar-refractivity contribution in [3.8, 4) is 23.0 Å². The highest BCUT2D eigenvalue weighted by Crippen LogP contribution is 2.39. The molecule has 1 aliphatic rings. The number of carbonyl (C=O) groups is 1. The molecule has 2 aromatic rings. The van der Waals surface area contributed by atoms with E-state index < -0.39 is 5.97 Å². The molecule has 3 rings (SSSR count). The van der Waals surface area contributed by atoms with E-state index in [0.29, 0.717) is 11.1 Å². The third-order valence-corrected chi connectivity index (χ3v) is 3.83. The second kappa shape index (κ2) is 6.72. The number of rotatable bonds is 4. The highest BCUT2D eigenvalue weighted by molar-refractivity contribution is 6.20. The van der Waals surface area contributed by atoms with E-state index >= 15 is 0 Å². The molecule has 1 heterocycles. The summed E-state index contributed by atoms with van der Waals surface area (Å²) in [5.74, 6) is -0.869. The quantitative estimate of drug-likeness (QED) is 0.723. The summed E-state index contributed by atoms with van der Waals surface area (Å²) in [6.45, 7) is 0. The molecule has 0 aromatic heterocycles. The number of esters is 1. The molecular weight excluding hydrogens is 340 g/mol. The zero-order chi connectivity index (χ0) is 18.8. The Labute approximate surface area is 149 Å². The largest absolute Gasteiger partial charge is 0.508 e. The molecule has 7 heteroatoms. The number of phenols is 2. The van der Waals surface area contributed by atoms with E-state index in [1.54, 1.807) is 0 Å². The van der Waals surface area contributed by atoms with Crippen molar-refractivity contribution in [1.82, 2.24) is 0 Å². The number of methoxy groups -OCH3 is 2. The van der Waals surface area contributed by atoms with Crippen LogP contribution >= 0.6 is 0 Å². The van der Waals surface area contributed by atoms with Crippen LogP contribution in [0.1, 0.15) is 11.1 Å². The monoisotopic (exact) mass is 356 g/mol. The highest BCUT2D eigenvalue weighted by Gasteiger charge is 2.31. The number of benzene rings is 2. The van der Waals surface area contributed by atoms with Crippen LogP contribution in [0.5, 0.6) is 23.0 Å². The van der Waals surface area contributed by atoms with E-state index in [9.17, 15) is 20.1 Å². The highest BCUT2D eigenvalue weighted by atomic mass is 16.6. The molecule has 0 saturated carbocycles. The molecule has 0 saturated heterocycles. The van der Waals surface area contributed by atoms with Crippen molar-refractivity contribution in [3.63, 3.8) is 0 Å². The van der Waals surface area contributed by atoms with Gasteiger partial charge in [0.1, 0.15) is 11.3 Å². The molecule has 7 nitrogen and oxygen atoms in total. The van der Waals surface area contributed by atoms with Crippen LogP contribution in [0.3, 0.4) is 0 Å². The standard InChI is InChI=1S/C19H16O7/c1-24-13-7-10(8-14(25-2)17(13)21)9-15-18(22)16(19(23)26-15)11-3-5-12(20)6-4-11/h3-9,20-22H,1-2H3/b15-9-. The maximum atomic E-state index is 12.1. The number of carbonyl (C=O) groups excluding carboxylic acids is 1. The average molecular weight is 356 g/mol. The van der Waals surface area contributed by atoms with Gasteiger partial charge in [0.25, 0.3) is 0 Å². The number of phenolic OH excluding ortho intramolecular Hbond substituents is 2. The molecular formula is C19H16O7. The van der Waals surface area contributed by atoms with E-state index in [-0.39, 0.29) is 40.1 Å². The van der Waals surface area contributed by atoms with E-state index in [1.807, 2.05) is 0 Å². The molecule has 0 fully saturated rings. The smallest absolute Gasteiger partial charge is 0.348 e. The number of aliphatic hydroxyl groups excluding tert-OH is 1. The number of aromatic hydroxyl groups is 2. The summed E-state index contributed by atoms with van der Waals surface area (Å²) in [6, 6.07) is 8.81. The Hall–Kier alpha value is -3.61. The minimum absolute atomic E-state index is 0.00559. The summed E-state index contributed by atoms with van der Waals surface area (Å²) in [6.07, 6.45) is 1.42. The van der Waals surface area contributed by atoms with E-state index in [2.05, 4.69) is 0 Å². The third-order valence-electron chi connectivity index (χ3n) is 3.83. The van der Waals surface area contributed by atoms with Gasteiger partial charge in [-0.25, -0.2) is 4.79 Å². The molecule has 134 valence electrons. The molecule has 0 unspecified atom stereocenters. The molecule has 0 aliphatic carbocycles. The van der Waals surface area contributed by atoms with Gasteiger partial charge in [-0.2, -0.15) is 0 Å². The second-order valence-electron chi connectivity index (χ2n) is 5.44. The predicted molar refractivity (Wildman–Crippen MR) is 92.9 cm³/mol. The summed E-state index contributed by atoms with van der Waals surface area (Å²) in [7, 11) is 2.78. The van der Waals surface area contributed by atoms with Gasteiger partial charge in [-0.15, -0.1) is 0 Å². The minimum Gasteiger partial charge on any atom is -0.508 e. The fraction of sp³-hybridized carbons (Fsp3) is 0.105. The maximum absolute atomic E-state index is 12.1. The van der Waals surface area contributed by atoms with Crippen molar-refractivity contribution in [2.24, 2.45) is 0 Å². The lowest BCUT2D eigenvalue weighted by Gasteiger charge is -2.09. The van der Waals surface area contributed by atoms with Gasteiger partial charge in [0.15, 0.2) is 23.0 Å². The molecule has 0 atom stereocenters. The first-order valence-electron chi connectivity index (χ1n) is 7.56. The first-order chi connectivity index (χ1) is 12.4. The Bertz CT molecular complexity index is 898. The molecule has 1 aliphatic heterocycles. The fourth-order valence-electron chi connectivity index (χ4n) is 2.55. The van der Waals surface area contributed by atoms with Crippen LogP contribution in [0.15, 0.2) is 47.9 Å². The van der Waals surface area contributed by atoms with Crippen molar-refractivity contribution in [2.75, 3.05) is 14.2 Å². The first-order valence-corrected chi connectivity index (χ1v) is 7.56. The van der Waals surface area contributed by atoms with Gasteiger partial charge in [-0.3, -0.25) is 0 Å². The summed E-state index contributed by atoms with van der Waals surface area (Å²) in [5.41, 5.74) is 0.890. The molecule has 0 radical (unpaired) electrons. The van der Waals surface area contributed by atoms with Crippen LogP contribution in [0, 0.1) is 0 Å². The van der Waals surface area contributed by atoms with Gasteiger partial charge < -0.3 is 29.5 Å². The van der Waals surface area contributed by atoms with Gasteiger partial charge in [0.05, 0.1) is 14.2 Å². The van der Waals surface area contributed by atoms with Crippen LogP contribution in [0.4, 0.5) is 0 Å². The number of aliphatic hydroxyl groups is 1. The zero-order valence-electron chi connectivity index (χ0n) is 14.0. The van der Waals surface area contributed by atoms with Crippen molar-refractivity contribution < 1.29 is 34.3 Å². The lowest BCUT2D eigenvalue weighted by Crippen LogP contribution is -1.98. The van der Waals surface area contributed by atoms with Gasteiger partial charge in [0, 0.05) is 0 Å². The van der Waals surface area contributed by atoms with Crippen molar-refractivity contribution in [1.29, 1.82) is 0 Å². The molecule has 26 heavy (non-hydrogen) atoms. The summed E-state index contributed by atoms with van der Waals surface area (Å²) in [5, 5.41) is 29.7. The van der Waals surface area contributed by atoms with Gasteiger partial charge >= 0.3 is 5.97 Å². The van der Waals surface area contributed by atoms with Crippen molar-refractivity contribution in [2.45, 2.75) is 0 Å². The third kappa shape index (κ3) is 3.02. The average Bonchev–Trinajstić information content (AvgIpc) is 2.90. The normalized spacial score (nSPS) is 15.3. The summed E-state index contributed by atoms with van der Waals surface area (Å²) >= 11 is 0. The summed E-state index contributed by atoms with van der Waals surface area (Å²) in [4.78, 5) is 12.1. The predicted octanol–water partition coefficient (Wildman–Crippen LogP) is 2.98. The molecule has 0 spiro atoms. The minimum atomic E-state index is -0.711. The van der Waals surface area contributed by atoms with Gasteiger partial charge in [-0.05, 0) is 41.5 Å². The Morgan fingerprint density at radius 1 is 0.962 bits per heavy atom. The van der Waals surface area contributed by atoms with Crippen LogP contribution in [-0.4, -0.2) is 35.5 Å². The molecule has 0 bridgehead atoms. The lowest BCUT2D eigenvalue weighted by atomic mass is 10.0. The van der Waals surface area contributed by atoms with E-state index in [1.165, 1.54) is 56.7 Å². The Morgan fingerprint density at radius 3 is 2.08 bits per heavy atom. The Kier molecular flexibility index (Phi) is 4.45. The fourth-order valence-corrected chi connectivity index (χ4v) is 2.55. The number of ether oxygens (including phenoxy) is 3. The van der Waals surface area contributed by atoms with Crippen molar-refractivity contribution >= 4 is 17.6 Å². The number of hydrogen-bond donors (Lipinski definition) is 3. The zero-order valence-corrected chi connectivity index (χ0v) is 14.0. The molecule has 0 amide bonds. The Morgan fingerprint density at radius 2 is 1.54 bits per heavy atom. The molecule has 3 N–H and O–H groups in total. The van der Waals surface area contributed by atoms with E-state index in [0.717, 1.165) is 0 Å². The van der Waals surface area contributed by atoms with Crippen LogP contribution in [-0.2, 0) is 9.53 Å². The topological polar surface area (TPSA) is 105 Å². The SMILES string of the molecule is COc1cc(/C=C2\OC(=O)C(c3ccc(O)cc3)=C2O)cc(OC)c1O. The molecule has 2 aromatic carbocycles. The van der Waals surface area contributed by atoms with Gasteiger partial charge in [0.2, 0.25) is 5.75 Å². The Balaban J connectivity index is 2.05. The number of hydrogen-bond acceptors (Lipinski definition) is 7. The second-order valence-corrected chi connectivity index (χ2v) is 5.44. The van der Waals surface area contributed by atoms with Gasteiger partial charge in [-0.1, -0.05) is 12.1 Å². The first kappa shape index (κ1) is 17.2. The maximum Gasteiger partial charge on any atom is 0.348 e. The van der Waals surface area contributed by atoms with Crippen molar-refractivity contribution in [3.05, 3.63) is 59.0 Å². The van der Waals surface area contributed by atoms with Crippen LogP contribution in [0.25, 0.3) is 11.6 Å². The van der Waals surface area contributed by atoms with E-state index in [4.69, 9.17) is 14.2 Å². The summed E-state index contributed by atoms with van der Waals surface area (Å²) < 4.78 is 15.3. The number of cyclic esters (lactones) is 1. The van der Waals surface area contributed by atoms with Crippen LogP contribution < -0.4 is 9.47 Å². The van der Waals surface area contributed by atoms with Crippen LogP contribution in [0.2, 0.25) is 0 Å². The lowest BCUT2D eigenvalue weighted by molar-refractivity contribution is -0.131.